The smallest absolute Gasteiger partial charge is 0.129 e. The summed E-state index contributed by atoms with van der Waals surface area (Å²) in [6.07, 6.45) is 1.65. The highest BCUT2D eigenvalue weighted by atomic mass is 35.5. The second-order valence-electron chi connectivity index (χ2n) is 3.00. The number of rotatable bonds is 1. The third-order valence-electron chi connectivity index (χ3n) is 1.98. The molecule has 1 heterocycles. The fraction of sp³-hybridized carbons (Fsp3) is 0. The van der Waals surface area contributed by atoms with Crippen molar-refractivity contribution in [1.29, 1.82) is 0 Å². The Morgan fingerprint density at radius 3 is 2.20 bits per heavy atom. The SMILES string of the molecule is Clc1cc(-c2ccc(Cl)c(Cl)c2)ccn1. The highest BCUT2D eigenvalue weighted by Crippen LogP contribution is 2.28. The van der Waals surface area contributed by atoms with Gasteiger partial charge in [-0.3, -0.25) is 0 Å². The summed E-state index contributed by atoms with van der Waals surface area (Å²) in [4.78, 5) is 3.91. The molecule has 0 bridgehead atoms. The van der Waals surface area contributed by atoms with Crippen molar-refractivity contribution < 1.29 is 0 Å². The van der Waals surface area contributed by atoms with Crippen LogP contribution in [0, 0.1) is 0 Å². The maximum atomic E-state index is 5.92. The molecule has 0 spiro atoms. The van der Waals surface area contributed by atoms with E-state index in [4.69, 9.17) is 34.8 Å². The molecule has 2 rings (SSSR count). The van der Waals surface area contributed by atoms with Crippen LogP contribution in [0.15, 0.2) is 36.5 Å². The van der Waals surface area contributed by atoms with Crippen LogP contribution in [0.3, 0.4) is 0 Å². The highest BCUT2D eigenvalue weighted by Gasteiger charge is 2.02. The standard InChI is InChI=1S/C11H6Cl3N/c12-9-2-1-7(5-10(9)13)8-3-4-15-11(14)6-8/h1-6H. The second kappa shape index (κ2) is 4.40. The van der Waals surface area contributed by atoms with Crippen LogP contribution >= 0.6 is 34.8 Å². The summed E-state index contributed by atoms with van der Waals surface area (Å²) in [6.45, 7) is 0. The normalized spacial score (nSPS) is 10.3. The Kier molecular flexibility index (Phi) is 3.15. The van der Waals surface area contributed by atoms with Crippen molar-refractivity contribution in [2.45, 2.75) is 0 Å². The lowest BCUT2D eigenvalue weighted by atomic mass is 10.1. The zero-order valence-corrected chi connectivity index (χ0v) is 9.81. The molecule has 76 valence electrons. The molecule has 15 heavy (non-hydrogen) atoms. The summed E-state index contributed by atoms with van der Waals surface area (Å²) in [5.74, 6) is 0. The molecule has 0 fully saturated rings. The van der Waals surface area contributed by atoms with E-state index in [9.17, 15) is 0 Å². The minimum atomic E-state index is 0.457. The fourth-order valence-electron chi connectivity index (χ4n) is 1.26. The van der Waals surface area contributed by atoms with E-state index in [0.717, 1.165) is 11.1 Å². The molecule has 1 nitrogen and oxygen atoms in total. The minimum Gasteiger partial charge on any atom is -0.245 e. The van der Waals surface area contributed by atoms with Crippen LogP contribution in [-0.2, 0) is 0 Å². The molecule has 0 aliphatic carbocycles. The van der Waals surface area contributed by atoms with E-state index in [2.05, 4.69) is 4.98 Å². The molecular weight excluding hydrogens is 252 g/mol. The molecular formula is C11H6Cl3N. The van der Waals surface area contributed by atoms with E-state index in [1.165, 1.54) is 0 Å². The van der Waals surface area contributed by atoms with Gasteiger partial charge in [0.25, 0.3) is 0 Å². The van der Waals surface area contributed by atoms with E-state index >= 15 is 0 Å². The van der Waals surface area contributed by atoms with Gasteiger partial charge >= 0.3 is 0 Å². The molecule has 0 radical (unpaired) electrons. The van der Waals surface area contributed by atoms with Gasteiger partial charge in [0.2, 0.25) is 0 Å². The maximum absolute atomic E-state index is 5.92. The Balaban J connectivity index is 2.50. The predicted molar refractivity (Wildman–Crippen MR) is 64.7 cm³/mol. The average molecular weight is 259 g/mol. The van der Waals surface area contributed by atoms with Crippen molar-refractivity contribution in [3.63, 3.8) is 0 Å². The summed E-state index contributed by atoms with van der Waals surface area (Å²) in [6, 6.07) is 9.09. The van der Waals surface area contributed by atoms with Crippen LogP contribution in [0.4, 0.5) is 0 Å². The number of halogens is 3. The third kappa shape index (κ3) is 2.43. The van der Waals surface area contributed by atoms with Gasteiger partial charge in [0.15, 0.2) is 0 Å². The summed E-state index contributed by atoms with van der Waals surface area (Å²) in [5.41, 5.74) is 1.93. The van der Waals surface area contributed by atoms with E-state index in [1.807, 2.05) is 12.1 Å². The van der Waals surface area contributed by atoms with Crippen LogP contribution in [0.25, 0.3) is 11.1 Å². The highest BCUT2D eigenvalue weighted by molar-refractivity contribution is 6.42. The van der Waals surface area contributed by atoms with Crippen molar-refractivity contribution in [1.82, 2.24) is 4.98 Å². The average Bonchev–Trinajstić information content (AvgIpc) is 2.22. The molecule has 0 saturated carbocycles. The summed E-state index contributed by atoms with van der Waals surface area (Å²) in [7, 11) is 0. The van der Waals surface area contributed by atoms with Gasteiger partial charge in [-0.15, -0.1) is 0 Å². The van der Waals surface area contributed by atoms with Crippen LogP contribution in [0.2, 0.25) is 15.2 Å². The lowest BCUT2D eigenvalue weighted by molar-refractivity contribution is 1.33. The van der Waals surface area contributed by atoms with E-state index in [0.29, 0.717) is 15.2 Å². The number of hydrogen-bond donors (Lipinski definition) is 0. The Morgan fingerprint density at radius 2 is 1.53 bits per heavy atom. The van der Waals surface area contributed by atoms with Crippen molar-refractivity contribution in [2.75, 3.05) is 0 Å². The maximum Gasteiger partial charge on any atom is 0.129 e. The molecule has 0 unspecified atom stereocenters. The first kappa shape index (κ1) is 10.7. The monoisotopic (exact) mass is 257 g/mol. The Hall–Kier alpha value is -0.760. The number of aromatic nitrogens is 1. The lowest BCUT2D eigenvalue weighted by Gasteiger charge is -2.03. The quantitative estimate of drug-likeness (QED) is 0.675. The van der Waals surface area contributed by atoms with Gasteiger partial charge < -0.3 is 0 Å². The summed E-state index contributed by atoms with van der Waals surface area (Å²) < 4.78 is 0. The van der Waals surface area contributed by atoms with Crippen LogP contribution in [0.1, 0.15) is 0 Å². The number of hydrogen-bond acceptors (Lipinski definition) is 1. The zero-order chi connectivity index (χ0) is 10.8. The Labute approximate surface area is 103 Å². The van der Waals surface area contributed by atoms with Crippen molar-refractivity contribution in [2.24, 2.45) is 0 Å². The molecule has 0 atom stereocenters. The molecule has 0 N–H and O–H groups in total. The second-order valence-corrected chi connectivity index (χ2v) is 4.20. The molecule has 1 aromatic carbocycles. The number of nitrogens with zero attached hydrogens (tertiary/aromatic N) is 1. The molecule has 2 aromatic rings. The van der Waals surface area contributed by atoms with Gasteiger partial charge in [-0.05, 0) is 35.4 Å². The molecule has 4 heteroatoms. The molecule has 1 aromatic heterocycles. The zero-order valence-electron chi connectivity index (χ0n) is 7.55. The van der Waals surface area contributed by atoms with Gasteiger partial charge in [0.05, 0.1) is 10.0 Å². The first-order chi connectivity index (χ1) is 7.16. The predicted octanol–water partition coefficient (Wildman–Crippen LogP) is 4.71. The Morgan fingerprint density at radius 1 is 0.800 bits per heavy atom. The van der Waals surface area contributed by atoms with Crippen LogP contribution in [0.5, 0.6) is 0 Å². The Bertz CT molecular complexity index is 497. The van der Waals surface area contributed by atoms with Gasteiger partial charge in [-0.1, -0.05) is 40.9 Å². The van der Waals surface area contributed by atoms with Gasteiger partial charge in [-0.2, -0.15) is 0 Å². The van der Waals surface area contributed by atoms with Gasteiger partial charge in [-0.25, -0.2) is 4.98 Å². The van der Waals surface area contributed by atoms with E-state index in [-0.39, 0.29) is 0 Å². The topological polar surface area (TPSA) is 12.9 Å². The van der Waals surface area contributed by atoms with Gasteiger partial charge in [0, 0.05) is 6.20 Å². The van der Waals surface area contributed by atoms with Crippen molar-refractivity contribution in [3.8, 4) is 11.1 Å². The van der Waals surface area contributed by atoms with Gasteiger partial charge in [0.1, 0.15) is 5.15 Å². The van der Waals surface area contributed by atoms with Crippen LogP contribution in [-0.4, -0.2) is 4.98 Å². The molecule has 0 amide bonds. The van der Waals surface area contributed by atoms with Crippen LogP contribution < -0.4 is 0 Å². The third-order valence-corrected chi connectivity index (χ3v) is 2.93. The molecule has 0 aliphatic heterocycles. The van der Waals surface area contributed by atoms with E-state index < -0.39 is 0 Å². The molecule has 0 aliphatic rings. The summed E-state index contributed by atoms with van der Waals surface area (Å²) >= 11 is 17.5. The minimum absolute atomic E-state index is 0.457. The van der Waals surface area contributed by atoms with Crippen molar-refractivity contribution >= 4 is 34.8 Å². The summed E-state index contributed by atoms with van der Waals surface area (Å²) in [5, 5.41) is 1.53. The first-order valence-corrected chi connectivity index (χ1v) is 5.37. The number of benzene rings is 1. The number of pyridine rings is 1. The van der Waals surface area contributed by atoms with Crippen molar-refractivity contribution in [3.05, 3.63) is 51.7 Å². The molecule has 0 saturated heterocycles. The largest absolute Gasteiger partial charge is 0.245 e. The van der Waals surface area contributed by atoms with E-state index in [1.54, 1.807) is 24.4 Å². The lowest BCUT2D eigenvalue weighted by Crippen LogP contribution is -1.80. The first-order valence-electron chi connectivity index (χ1n) is 4.24. The fourth-order valence-corrected chi connectivity index (χ4v) is 1.73.